The average molecular weight is 572 g/mol. The van der Waals surface area contributed by atoms with E-state index in [1.165, 1.54) is 51.4 Å². The molecule has 6 nitrogen and oxygen atoms in total. The van der Waals surface area contributed by atoms with Gasteiger partial charge in [-0.05, 0) is 86.5 Å². The molecule has 2 aliphatic heterocycles. The third-order valence-electron chi connectivity index (χ3n) is 9.36. The van der Waals surface area contributed by atoms with E-state index in [1.807, 2.05) is 0 Å². The lowest BCUT2D eigenvalue weighted by Gasteiger charge is -2.45. The molecule has 0 aromatic heterocycles. The Kier molecular flexibility index (Phi) is 9.01. The molecule has 5 rings (SSSR count). The summed E-state index contributed by atoms with van der Waals surface area (Å²) >= 11 is 6.01. The lowest BCUT2D eigenvalue weighted by Crippen LogP contribution is -2.54. The molecule has 0 spiro atoms. The van der Waals surface area contributed by atoms with Gasteiger partial charge in [-0.1, -0.05) is 62.3 Å². The maximum Gasteiger partial charge on any atom is 0.237 e. The lowest BCUT2D eigenvalue weighted by molar-refractivity contribution is -0.123. The van der Waals surface area contributed by atoms with Crippen molar-refractivity contribution in [3.8, 4) is 0 Å². The van der Waals surface area contributed by atoms with Gasteiger partial charge in [0, 0.05) is 29.6 Å². The zero-order chi connectivity index (χ0) is 27.5. The molecule has 3 fully saturated rings. The van der Waals surface area contributed by atoms with E-state index in [-0.39, 0.29) is 27.2 Å². The van der Waals surface area contributed by atoms with Crippen molar-refractivity contribution in [2.45, 2.75) is 99.6 Å². The number of aryl methyl sites for hydroxylation is 1. The van der Waals surface area contributed by atoms with Gasteiger partial charge in [0.1, 0.15) is 0 Å². The first-order valence-corrected chi connectivity index (χ1v) is 16.5. The van der Waals surface area contributed by atoms with Gasteiger partial charge in [-0.3, -0.25) is 4.79 Å². The van der Waals surface area contributed by atoms with Gasteiger partial charge in [0.15, 0.2) is 0 Å². The van der Waals surface area contributed by atoms with E-state index in [9.17, 15) is 13.2 Å². The summed E-state index contributed by atoms with van der Waals surface area (Å²) in [4.78, 5) is 13.8. The third-order valence-corrected chi connectivity index (χ3v) is 11.5. The molecule has 39 heavy (non-hydrogen) atoms. The zero-order valence-corrected chi connectivity index (χ0v) is 24.5. The highest BCUT2D eigenvalue weighted by Gasteiger charge is 2.53. The van der Waals surface area contributed by atoms with E-state index in [1.54, 1.807) is 49.4 Å². The fraction of sp³-hybridized carbons (Fsp3) is 0.581. The number of hydrogen-bond donors (Lipinski definition) is 3. The number of fused-ring (bicyclic) bond motifs is 1. The van der Waals surface area contributed by atoms with Crippen LogP contribution < -0.4 is 16.0 Å². The molecule has 8 heteroatoms. The van der Waals surface area contributed by atoms with E-state index in [0.29, 0.717) is 29.1 Å². The number of piperidine rings is 1. The van der Waals surface area contributed by atoms with Crippen molar-refractivity contribution in [3.63, 3.8) is 0 Å². The largest absolute Gasteiger partial charge is 0.351 e. The maximum atomic E-state index is 13.3. The Morgan fingerprint density at radius 1 is 1.00 bits per heavy atom. The van der Waals surface area contributed by atoms with Crippen molar-refractivity contribution in [2.24, 2.45) is 11.3 Å². The highest BCUT2D eigenvalue weighted by molar-refractivity contribution is 7.91. The molecular weight excluding hydrogens is 530 g/mol. The van der Waals surface area contributed by atoms with Gasteiger partial charge in [-0.15, -0.1) is 0 Å². The molecule has 2 heterocycles. The number of sulfone groups is 1. The quantitative estimate of drug-likeness (QED) is 0.423. The van der Waals surface area contributed by atoms with Crippen molar-refractivity contribution >= 4 is 27.3 Å². The average Bonchev–Trinajstić information content (AvgIpc) is 3.38. The Labute approximate surface area is 238 Å². The predicted molar refractivity (Wildman–Crippen MR) is 156 cm³/mol. The van der Waals surface area contributed by atoms with Crippen LogP contribution in [0.1, 0.15) is 75.3 Å². The van der Waals surface area contributed by atoms with Crippen LogP contribution in [0, 0.1) is 18.3 Å². The van der Waals surface area contributed by atoms with E-state index in [4.69, 9.17) is 11.6 Å². The summed E-state index contributed by atoms with van der Waals surface area (Å²) in [5.74, 6) is 0.706. The summed E-state index contributed by atoms with van der Waals surface area (Å²) in [7, 11) is -3.65. The van der Waals surface area contributed by atoms with Crippen LogP contribution in [0.2, 0.25) is 5.02 Å². The highest BCUT2D eigenvalue weighted by atomic mass is 35.5. The maximum absolute atomic E-state index is 13.3. The fourth-order valence-corrected chi connectivity index (χ4v) is 8.94. The van der Waals surface area contributed by atoms with Crippen LogP contribution in [-0.2, 0) is 21.2 Å². The molecule has 3 aliphatic rings. The second kappa shape index (κ2) is 12.3. The first-order valence-electron chi connectivity index (χ1n) is 14.6. The second-order valence-corrected chi connectivity index (χ2v) is 14.2. The van der Waals surface area contributed by atoms with E-state index >= 15 is 0 Å². The van der Waals surface area contributed by atoms with Crippen molar-refractivity contribution in [1.29, 1.82) is 0 Å². The Morgan fingerprint density at radius 2 is 1.69 bits per heavy atom. The monoisotopic (exact) mass is 571 g/mol. The molecule has 0 radical (unpaired) electrons. The van der Waals surface area contributed by atoms with Crippen molar-refractivity contribution in [3.05, 3.63) is 58.6 Å². The normalized spacial score (nSPS) is 26.7. The number of carbonyl (C=O) groups is 1. The standard InChI is InChI=1S/C31H42ClN3O3S/c1-22-18-25(32)12-15-28(22)39(37,38)26-13-10-23(11-14-26)20-34-30(36)27-19-31(21-33-17-16-29(31)35-27)24-8-6-4-2-3-5-7-9-24/h10-15,18,24,27,29,33,35H,2-9,16-17,19-21H2,1H3,(H,34,36). The van der Waals surface area contributed by atoms with Gasteiger partial charge in [0.25, 0.3) is 0 Å². The number of benzene rings is 2. The lowest BCUT2D eigenvalue weighted by atomic mass is 9.64. The molecule has 3 N–H and O–H groups in total. The minimum Gasteiger partial charge on any atom is -0.351 e. The number of carbonyl (C=O) groups excluding carboxylic acids is 1. The Hall–Kier alpha value is -1.93. The van der Waals surface area contributed by atoms with Crippen molar-refractivity contribution in [2.75, 3.05) is 13.1 Å². The summed E-state index contributed by atoms with van der Waals surface area (Å²) in [6.45, 7) is 4.12. The highest BCUT2D eigenvalue weighted by Crippen LogP contribution is 2.48. The summed E-state index contributed by atoms with van der Waals surface area (Å²) in [5, 5.41) is 11.0. The van der Waals surface area contributed by atoms with Crippen molar-refractivity contribution in [1.82, 2.24) is 16.0 Å². The first kappa shape index (κ1) is 28.6. The van der Waals surface area contributed by atoms with Gasteiger partial charge in [-0.2, -0.15) is 0 Å². The molecule has 212 valence electrons. The second-order valence-electron chi connectivity index (χ2n) is 11.8. The number of nitrogens with one attached hydrogen (secondary N) is 3. The first-order chi connectivity index (χ1) is 18.8. The predicted octanol–water partition coefficient (Wildman–Crippen LogP) is 5.56. The van der Waals surface area contributed by atoms with Gasteiger partial charge >= 0.3 is 0 Å². The minimum atomic E-state index is -3.65. The SMILES string of the molecule is Cc1cc(Cl)ccc1S(=O)(=O)c1ccc(CNC(=O)C2CC3(C4CCCCCCCC4)CNCCC3N2)cc1. The molecule has 3 atom stereocenters. The number of halogens is 1. The van der Waals surface area contributed by atoms with E-state index < -0.39 is 9.84 Å². The molecule has 2 aromatic rings. The van der Waals surface area contributed by atoms with Crippen LogP contribution >= 0.6 is 11.6 Å². The molecule has 0 bridgehead atoms. The minimum absolute atomic E-state index is 0.0420. The zero-order valence-electron chi connectivity index (χ0n) is 23.0. The van der Waals surface area contributed by atoms with Crippen LogP contribution in [0.25, 0.3) is 0 Å². The van der Waals surface area contributed by atoms with E-state index in [0.717, 1.165) is 31.5 Å². The van der Waals surface area contributed by atoms with Crippen LogP contribution in [0.5, 0.6) is 0 Å². The van der Waals surface area contributed by atoms with Gasteiger partial charge in [-0.25, -0.2) is 8.42 Å². The summed E-state index contributed by atoms with van der Waals surface area (Å²) < 4.78 is 26.3. The molecule has 2 saturated heterocycles. The van der Waals surface area contributed by atoms with E-state index in [2.05, 4.69) is 16.0 Å². The Balaban J connectivity index is 1.22. The molecule has 1 aliphatic carbocycles. The summed E-state index contributed by atoms with van der Waals surface area (Å²) in [5.41, 5.74) is 1.64. The molecule has 1 amide bonds. The van der Waals surface area contributed by atoms with Crippen LogP contribution in [0.15, 0.2) is 52.3 Å². The Morgan fingerprint density at radius 3 is 2.38 bits per heavy atom. The topological polar surface area (TPSA) is 87.3 Å². The summed E-state index contributed by atoms with van der Waals surface area (Å²) in [6, 6.07) is 11.8. The molecule has 1 saturated carbocycles. The van der Waals surface area contributed by atoms with Gasteiger partial charge in [0.05, 0.1) is 15.8 Å². The fourth-order valence-electron chi connectivity index (χ4n) is 7.24. The smallest absolute Gasteiger partial charge is 0.237 e. The number of rotatable bonds is 6. The van der Waals surface area contributed by atoms with Crippen LogP contribution in [0.4, 0.5) is 0 Å². The van der Waals surface area contributed by atoms with Gasteiger partial charge < -0.3 is 16.0 Å². The molecular formula is C31H42ClN3O3S. The Bertz CT molecular complexity index is 1260. The summed E-state index contributed by atoms with van der Waals surface area (Å²) in [6.07, 6.45) is 12.5. The number of hydrogen-bond acceptors (Lipinski definition) is 5. The molecule has 3 unspecified atom stereocenters. The molecule has 2 aromatic carbocycles. The third kappa shape index (κ3) is 6.22. The van der Waals surface area contributed by atoms with Gasteiger partial charge in [0.2, 0.25) is 15.7 Å². The number of amides is 1. The van der Waals surface area contributed by atoms with Crippen LogP contribution in [0.3, 0.4) is 0 Å². The van der Waals surface area contributed by atoms with Crippen molar-refractivity contribution < 1.29 is 13.2 Å². The van der Waals surface area contributed by atoms with Crippen LogP contribution in [-0.4, -0.2) is 39.5 Å².